The van der Waals surface area contributed by atoms with Crippen LogP contribution in [0.1, 0.15) is 36.8 Å². The van der Waals surface area contributed by atoms with Gasteiger partial charge in [-0.1, -0.05) is 30.0 Å². The monoisotopic (exact) mass is 385 g/mol. The van der Waals surface area contributed by atoms with Gasteiger partial charge in [0.05, 0.1) is 9.75 Å². The Morgan fingerprint density at radius 2 is 1.79 bits per heavy atom. The Labute approximate surface area is 170 Å². The second-order valence-electron chi connectivity index (χ2n) is 7.90. The van der Waals surface area contributed by atoms with E-state index < -0.39 is 0 Å². The molecule has 4 rings (SSSR count). The molecule has 3 nitrogen and oxygen atoms in total. The van der Waals surface area contributed by atoms with E-state index in [0.29, 0.717) is 0 Å². The number of aryl methyl sites for hydroxylation is 1. The molecule has 0 radical (unpaired) electrons. The van der Waals surface area contributed by atoms with Crippen molar-refractivity contribution in [3.05, 3.63) is 76.8 Å². The molecule has 4 heteroatoms. The van der Waals surface area contributed by atoms with Crippen molar-refractivity contribution in [1.82, 2.24) is 9.38 Å². The number of thiophene rings is 1. The number of imidazole rings is 1. The van der Waals surface area contributed by atoms with E-state index >= 15 is 0 Å². The van der Waals surface area contributed by atoms with Gasteiger partial charge in [-0.05, 0) is 69.7 Å². The molecule has 0 amide bonds. The number of aromatic nitrogens is 2. The first-order valence-corrected chi connectivity index (χ1v) is 10.1. The number of hydrogen-bond donors (Lipinski definition) is 1. The Morgan fingerprint density at radius 3 is 2.54 bits per heavy atom. The molecule has 28 heavy (non-hydrogen) atoms. The SMILES string of the molecule is Cc1ccn2c(NC(C)(C)C)c(-c3ccc(C#Cc4ccccc4)s3)nc2c1. The summed E-state index contributed by atoms with van der Waals surface area (Å²) in [4.78, 5) is 7.07. The number of hydrogen-bond acceptors (Lipinski definition) is 3. The maximum absolute atomic E-state index is 4.92. The van der Waals surface area contributed by atoms with E-state index in [0.717, 1.165) is 32.5 Å². The minimum absolute atomic E-state index is 0.0667. The molecule has 0 aliphatic rings. The third-order valence-corrected chi connectivity index (χ3v) is 5.23. The Morgan fingerprint density at radius 1 is 1.00 bits per heavy atom. The zero-order chi connectivity index (χ0) is 19.7. The highest BCUT2D eigenvalue weighted by Gasteiger charge is 2.20. The number of nitrogens with zero attached hydrogens (tertiary/aromatic N) is 2. The Hall–Kier alpha value is -3.03. The number of nitrogens with one attached hydrogen (secondary N) is 1. The molecule has 0 saturated carbocycles. The van der Waals surface area contributed by atoms with Crippen LogP contribution in [0.5, 0.6) is 0 Å². The van der Waals surface area contributed by atoms with Gasteiger partial charge < -0.3 is 5.32 Å². The van der Waals surface area contributed by atoms with Crippen LogP contribution >= 0.6 is 11.3 Å². The number of pyridine rings is 1. The van der Waals surface area contributed by atoms with Gasteiger partial charge in [0.25, 0.3) is 0 Å². The van der Waals surface area contributed by atoms with E-state index in [-0.39, 0.29) is 5.54 Å². The fraction of sp³-hybridized carbons (Fsp3) is 0.208. The second kappa shape index (κ2) is 7.18. The van der Waals surface area contributed by atoms with Gasteiger partial charge in [-0.25, -0.2) is 4.98 Å². The normalized spacial score (nSPS) is 11.3. The number of rotatable bonds is 2. The zero-order valence-electron chi connectivity index (χ0n) is 16.6. The van der Waals surface area contributed by atoms with Gasteiger partial charge in [-0.3, -0.25) is 4.40 Å². The summed E-state index contributed by atoms with van der Waals surface area (Å²) in [6.45, 7) is 8.58. The molecule has 0 spiro atoms. The lowest BCUT2D eigenvalue weighted by Crippen LogP contribution is -2.27. The minimum atomic E-state index is -0.0667. The van der Waals surface area contributed by atoms with Crippen LogP contribution in [-0.2, 0) is 0 Å². The van der Waals surface area contributed by atoms with Gasteiger partial charge >= 0.3 is 0 Å². The first-order valence-electron chi connectivity index (χ1n) is 9.33. The number of fused-ring (bicyclic) bond motifs is 1. The summed E-state index contributed by atoms with van der Waals surface area (Å²) in [5.74, 6) is 7.53. The molecule has 0 aliphatic carbocycles. The quantitative estimate of drug-likeness (QED) is 0.430. The molecule has 0 atom stereocenters. The minimum Gasteiger partial charge on any atom is -0.365 e. The van der Waals surface area contributed by atoms with Crippen LogP contribution in [0.4, 0.5) is 5.82 Å². The van der Waals surface area contributed by atoms with Gasteiger partial charge in [0.1, 0.15) is 17.2 Å². The van der Waals surface area contributed by atoms with Gasteiger partial charge in [-0.15, -0.1) is 11.3 Å². The maximum atomic E-state index is 4.92. The van der Waals surface area contributed by atoms with E-state index in [2.05, 4.69) is 79.7 Å². The van der Waals surface area contributed by atoms with Crippen molar-refractivity contribution in [3.63, 3.8) is 0 Å². The fourth-order valence-electron chi connectivity index (χ4n) is 2.98. The standard InChI is InChI=1S/C24H23N3S/c1-17-14-15-27-21(16-17)25-22(23(27)26-24(2,3)4)20-13-12-19(28-20)11-10-18-8-6-5-7-9-18/h5-9,12-16,26H,1-4H3. The molecule has 0 unspecified atom stereocenters. The number of anilines is 1. The van der Waals surface area contributed by atoms with Crippen molar-refractivity contribution in [2.75, 3.05) is 5.32 Å². The van der Waals surface area contributed by atoms with Crippen LogP contribution in [0, 0.1) is 18.8 Å². The highest BCUT2D eigenvalue weighted by Crippen LogP contribution is 2.35. The Kier molecular flexibility index (Phi) is 4.70. The van der Waals surface area contributed by atoms with Crippen molar-refractivity contribution in [1.29, 1.82) is 0 Å². The van der Waals surface area contributed by atoms with Gasteiger partial charge in [0, 0.05) is 17.3 Å². The smallest absolute Gasteiger partial charge is 0.140 e. The third-order valence-electron chi connectivity index (χ3n) is 4.22. The summed E-state index contributed by atoms with van der Waals surface area (Å²) >= 11 is 1.68. The largest absolute Gasteiger partial charge is 0.365 e. The summed E-state index contributed by atoms with van der Waals surface area (Å²) in [6.07, 6.45) is 2.08. The van der Waals surface area contributed by atoms with Crippen LogP contribution < -0.4 is 5.32 Å². The molecule has 4 aromatic rings. The molecule has 1 aromatic carbocycles. The van der Waals surface area contributed by atoms with Crippen LogP contribution in [0.25, 0.3) is 16.2 Å². The maximum Gasteiger partial charge on any atom is 0.140 e. The van der Waals surface area contributed by atoms with Gasteiger partial charge in [-0.2, -0.15) is 0 Å². The lowest BCUT2D eigenvalue weighted by Gasteiger charge is -2.22. The van der Waals surface area contributed by atoms with Crippen molar-refractivity contribution in [3.8, 4) is 22.4 Å². The van der Waals surface area contributed by atoms with Crippen molar-refractivity contribution in [2.45, 2.75) is 33.2 Å². The summed E-state index contributed by atoms with van der Waals surface area (Å²) in [5.41, 5.74) is 4.08. The van der Waals surface area contributed by atoms with E-state index in [1.54, 1.807) is 11.3 Å². The highest BCUT2D eigenvalue weighted by molar-refractivity contribution is 7.16. The average Bonchev–Trinajstić information content (AvgIpc) is 3.24. The molecule has 0 bridgehead atoms. The molecule has 1 N–H and O–H groups in total. The van der Waals surface area contributed by atoms with Crippen molar-refractivity contribution in [2.24, 2.45) is 0 Å². The predicted molar refractivity (Wildman–Crippen MR) is 119 cm³/mol. The lowest BCUT2D eigenvalue weighted by atomic mass is 10.1. The fourth-order valence-corrected chi connectivity index (χ4v) is 3.83. The zero-order valence-corrected chi connectivity index (χ0v) is 17.4. The molecular weight excluding hydrogens is 362 g/mol. The van der Waals surface area contributed by atoms with Crippen LogP contribution in [0.3, 0.4) is 0 Å². The van der Waals surface area contributed by atoms with Crippen molar-refractivity contribution < 1.29 is 0 Å². The molecule has 0 fully saturated rings. The van der Waals surface area contributed by atoms with Crippen LogP contribution in [0.2, 0.25) is 0 Å². The van der Waals surface area contributed by atoms with E-state index in [1.165, 1.54) is 5.56 Å². The van der Waals surface area contributed by atoms with Crippen molar-refractivity contribution >= 4 is 22.8 Å². The molecule has 0 saturated heterocycles. The third kappa shape index (κ3) is 3.95. The average molecular weight is 386 g/mol. The summed E-state index contributed by atoms with van der Waals surface area (Å²) < 4.78 is 2.13. The number of benzene rings is 1. The Bertz CT molecular complexity index is 1180. The van der Waals surface area contributed by atoms with E-state index in [4.69, 9.17) is 4.98 Å². The van der Waals surface area contributed by atoms with Crippen LogP contribution in [0.15, 0.2) is 60.8 Å². The topological polar surface area (TPSA) is 29.3 Å². The summed E-state index contributed by atoms with van der Waals surface area (Å²) in [7, 11) is 0. The molecule has 140 valence electrons. The van der Waals surface area contributed by atoms with E-state index in [1.807, 2.05) is 30.3 Å². The Balaban J connectivity index is 1.76. The summed E-state index contributed by atoms with van der Waals surface area (Å²) in [5, 5.41) is 3.63. The molecular formula is C24H23N3S. The summed E-state index contributed by atoms with van der Waals surface area (Å²) in [6, 6.07) is 18.5. The molecule has 3 heterocycles. The first kappa shape index (κ1) is 18.3. The van der Waals surface area contributed by atoms with Gasteiger partial charge in [0.2, 0.25) is 0 Å². The lowest BCUT2D eigenvalue weighted by molar-refractivity contribution is 0.629. The predicted octanol–water partition coefficient (Wildman–Crippen LogP) is 5.98. The second-order valence-corrected chi connectivity index (χ2v) is 8.98. The van der Waals surface area contributed by atoms with E-state index in [9.17, 15) is 0 Å². The van der Waals surface area contributed by atoms with Crippen LogP contribution in [-0.4, -0.2) is 14.9 Å². The first-order chi connectivity index (χ1) is 13.4. The van der Waals surface area contributed by atoms with Gasteiger partial charge in [0.15, 0.2) is 0 Å². The molecule has 0 aliphatic heterocycles. The highest BCUT2D eigenvalue weighted by atomic mass is 32.1. The molecule has 3 aromatic heterocycles.